The number of hydrogen-bond donors (Lipinski definition) is 1. The third kappa shape index (κ3) is 1.54. The van der Waals surface area contributed by atoms with Crippen LogP contribution < -0.4 is 10.6 Å². The maximum Gasteiger partial charge on any atom is 0.284 e. The van der Waals surface area contributed by atoms with Crippen molar-refractivity contribution in [2.45, 2.75) is 6.42 Å². The molecule has 0 bridgehead atoms. The Morgan fingerprint density at radius 3 is 2.71 bits per heavy atom. The lowest BCUT2D eigenvalue weighted by atomic mass is 10.1. The molecule has 17 heavy (non-hydrogen) atoms. The average Bonchev–Trinajstić information content (AvgIpc) is 2.59. The van der Waals surface area contributed by atoms with Crippen molar-refractivity contribution >= 4 is 22.6 Å². The molecule has 2 N–H and O–H groups in total. The van der Waals surface area contributed by atoms with E-state index in [2.05, 4.69) is 4.90 Å². The van der Waals surface area contributed by atoms with Gasteiger partial charge in [0, 0.05) is 30.9 Å². The van der Waals surface area contributed by atoms with Crippen LogP contribution in [0.25, 0.3) is 11.0 Å². The van der Waals surface area contributed by atoms with Gasteiger partial charge in [-0.05, 0) is 12.5 Å². The molecule has 2 heterocycles. The van der Waals surface area contributed by atoms with Crippen LogP contribution in [0.1, 0.15) is 17.0 Å². The Morgan fingerprint density at radius 1 is 1.35 bits per heavy atom. The molecule has 1 saturated heterocycles. The molecule has 4 nitrogen and oxygen atoms in total. The molecule has 88 valence electrons. The SMILES string of the molecule is NC(=O)c1cc2c(F)cc(N3CCC3)cc2o1. The van der Waals surface area contributed by atoms with Crippen molar-refractivity contribution in [2.75, 3.05) is 18.0 Å². The van der Waals surface area contributed by atoms with Gasteiger partial charge in [-0.15, -0.1) is 0 Å². The Kier molecular flexibility index (Phi) is 2.07. The molecule has 1 fully saturated rings. The highest BCUT2D eigenvalue weighted by Gasteiger charge is 2.19. The average molecular weight is 234 g/mol. The first-order valence-corrected chi connectivity index (χ1v) is 5.43. The zero-order chi connectivity index (χ0) is 12.0. The van der Waals surface area contributed by atoms with Crippen LogP contribution in [-0.4, -0.2) is 19.0 Å². The zero-order valence-corrected chi connectivity index (χ0v) is 9.07. The van der Waals surface area contributed by atoms with E-state index >= 15 is 0 Å². The Labute approximate surface area is 96.8 Å². The summed E-state index contributed by atoms with van der Waals surface area (Å²) in [6.07, 6.45) is 1.12. The van der Waals surface area contributed by atoms with Crippen molar-refractivity contribution in [3.05, 3.63) is 29.8 Å². The fraction of sp³-hybridized carbons (Fsp3) is 0.250. The normalized spacial score (nSPS) is 15.0. The van der Waals surface area contributed by atoms with Crippen molar-refractivity contribution in [1.82, 2.24) is 0 Å². The number of primary amides is 1. The Bertz CT molecular complexity index is 602. The van der Waals surface area contributed by atoms with Gasteiger partial charge >= 0.3 is 0 Å². The molecule has 0 radical (unpaired) electrons. The summed E-state index contributed by atoms with van der Waals surface area (Å²) in [7, 11) is 0. The number of hydrogen-bond acceptors (Lipinski definition) is 3. The van der Waals surface area contributed by atoms with Gasteiger partial charge in [0.2, 0.25) is 0 Å². The minimum atomic E-state index is -0.689. The van der Waals surface area contributed by atoms with Gasteiger partial charge in [0.05, 0.1) is 5.39 Å². The van der Waals surface area contributed by atoms with Gasteiger partial charge in [0.25, 0.3) is 5.91 Å². The molecule has 2 aromatic rings. The third-order valence-electron chi connectivity index (χ3n) is 3.04. The van der Waals surface area contributed by atoms with E-state index in [-0.39, 0.29) is 11.6 Å². The topological polar surface area (TPSA) is 59.5 Å². The van der Waals surface area contributed by atoms with E-state index < -0.39 is 5.91 Å². The predicted octanol–water partition coefficient (Wildman–Crippen LogP) is 1.88. The standard InChI is InChI=1S/C12H11FN2O2/c13-9-4-7(15-2-1-3-15)5-10-8(9)6-11(17-10)12(14)16/h4-6H,1-3H2,(H2,14,16). The molecule has 0 atom stereocenters. The second kappa shape index (κ2) is 3.48. The van der Waals surface area contributed by atoms with E-state index in [1.165, 1.54) is 12.1 Å². The molecular formula is C12H11FN2O2. The summed E-state index contributed by atoms with van der Waals surface area (Å²) in [4.78, 5) is 13.0. The van der Waals surface area contributed by atoms with Crippen LogP contribution in [0, 0.1) is 5.82 Å². The van der Waals surface area contributed by atoms with E-state index in [4.69, 9.17) is 10.2 Å². The number of carbonyl (C=O) groups is 1. The second-order valence-electron chi connectivity index (χ2n) is 4.15. The number of furan rings is 1. The third-order valence-corrected chi connectivity index (χ3v) is 3.04. The first-order chi connectivity index (χ1) is 8.15. The van der Waals surface area contributed by atoms with Crippen LogP contribution >= 0.6 is 0 Å². The fourth-order valence-electron chi connectivity index (χ4n) is 1.96. The maximum absolute atomic E-state index is 13.8. The summed E-state index contributed by atoms with van der Waals surface area (Å²) < 4.78 is 19.0. The first-order valence-electron chi connectivity index (χ1n) is 5.43. The molecule has 1 aromatic heterocycles. The van der Waals surface area contributed by atoms with Crippen molar-refractivity contribution < 1.29 is 13.6 Å². The second-order valence-corrected chi connectivity index (χ2v) is 4.15. The molecule has 1 aliphatic rings. The van der Waals surface area contributed by atoms with Gasteiger partial charge in [-0.2, -0.15) is 0 Å². The number of halogens is 1. The molecule has 3 rings (SSSR count). The van der Waals surface area contributed by atoms with Gasteiger partial charge in [-0.3, -0.25) is 4.79 Å². The monoisotopic (exact) mass is 234 g/mol. The smallest absolute Gasteiger partial charge is 0.284 e. The molecule has 1 amide bonds. The van der Waals surface area contributed by atoms with Crippen molar-refractivity contribution in [3.63, 3.8) is 0 Å². The highest BCUT2D eigenvalue weighted by molar-refractivity contribution is 5.95. The zero-order valence-electron chi connectivity index (χ0n) is 9.07. The lowest BCUT2D eigenvalue weighted by Crippen LogP contribution is -2.36. The molecule has 0 saturated carbocycles. The Morgan fingerprint density at radius 2 is 2.12 bits per heavy atom. The summed E-state index contributed by atoms with van der Waals surface area (Å²) in [6.45, 7) is 1.85. The molecule has 0 aliphatic carbocycles. The number of nitrogens with two attached hydrogens (primary N) is 1. The van der Waals surface area contributed by atoms with Crippen LogP contribution in [0.5, 0.6) is 0 Å². The molecular weight excluding hydrogens is 223 g/mol. The van der Waals surface area contributed by atoms with Crippen molar-refractivity contribution in [2.24, 2.45) is 5.73 Å². The minimum absolute atomic E-state index is 0.0142. The summed E-state index contributed by atoms with van der Waals surface area (Å²) >= 11 is 0. The predicted molar refractivity (Wildman–Crippen MR) is 61.5 cm³/mol. The number of fused-ring (bicyclic) bond motifs is 1. The number of anilines is 1. The summed E-state index contributed by atoms with van der Waals surface area (Å²) in [6, 6.07) is 4.54. The van der Waals surface area contributed by atoms with Crippen LogP contribution in [0.3, 0.4) is 0 Å². The van der Waals surface area contributed by atoms with Crippen LogP contribution in [0.4, 0.5) is 10.1 Å². The Hall–Kier alpha value is -2.04. The van der Waals surface area contributed by atoms with Gasteiger partial charge < -0.3 is 15.1 Å². The van der Waals surface area contributed by atoms with E-state index in [0.29, 0.717) is 11.0 Å². The Balaban J connectivity index is 2.14. The molecule has 0 unspecified atom stereocenters. The van der Waals surface area contributed by atoms with Crippen LogP contribution in [0.2, 0.25) is 0 Å². The van der Waals surface area contributed by atoms with E-state index in [1.807, 2.05) is 0 Å². The van der Waals surface area contributed by atoms with E-state index in [1.54, 1.807) is 6.07 Å². The van der Waals surface area contributed by atoms with Gasteiger partial charge in [-0.1, -0.05) is 0 Å². The molecule has 1 aliphatic heterocycles. The number of rotatable bonds is 2. The highest BCUT2D eigenvalue weighted by Crippen LogP contribution is 2.29. The summed E-state index contributed by atoms with van der Waals surface area (Å²) in [5.41, 5.74) is 6.24. The number of amides is 1. The fourth-order valence-corrected chi connectivity index (χ4v) is 1.96. The van der Waals surface area contributed by atoms with Crippen molar-refractivity contribution in [3.8, 4) is 0 Å². The van der Waals surface area contributed by atoms with Crippen LogP contribution in [0.15, 0.2) is 22.6 Å². The first kappa shape index (κ1) is 10.1. The van der Waals surface area contributed by atoms with E-state index in [0.717, 1.165) is 25.2 Å². The molecule has 5 heteroatoms. The summed E-state index contributed by atoms with van der Waals surface area (Å²) in [5, 5.41) is 0.295. The quantitative estimate of drug-likeness (QED) is 0.863. The largest absolute Gasteiger partial charge is 0.451 e. The van der Waals surface area contributed by atoms with Crippen molar-refractivity contribution in [1.29, 1.82) is 0 Å². The molecule has 1 aromatic carbocycles. The number of benzene rings is 1. The van der Waals surface area contributed by atoms with Gasteiger partial charge in [-0.25, -0.2) is 4.39 Å². The van der Waals surface area contributed by atoms with Gasteiger partial charge in [0.1, 0.15) is 11.4 Å². The molecule has 0 spiro atoms. The lowest BCUT2D eigenvalue weighted by molar-refractivity contribution is 0.0976. The number of carbonyl (C=O) groups excluding carboxylic acids is 1. The van der Waals surface area contributed by atoms with E-state index in [9.17, 15) is 9.18 Å². The highest BCUT2D eigenvalue weighted by atomic mass is 19.1. The van der Waals surface area contributed by atoms with Crippen LogP contribution in [-0.2, 0) is 0 Å². The maximum atomic E-state index is 13.8. The number of nitrogens with zero attached hydrogens (tertiary/aromatic N) is 1. The summed E-state index contributed by atoms with van der Waals surface area (Å²) in [5.74, 6) is -1.09. The van der Waals surface area contributed by atoms with Gasteiger partial charge in [0.15, 0.2) is 5.76 Å². The minimum Gasteiger partial charge on any atom is -0.451 e. The lowest BCUT2D eigenvalue weighted by Gasteiger charge is -2.33.